The SMILES string of the molecule is CCC(=O)N(Cc1ccc(F)cc1)[C@@H](C(=O)NCCO)c1ccccc1. The number of nitrogens with one attached hydrogen (secondary N) is 1. The number of hydrogen-bond acceptors (Lipinski definition) is 3. The predicted octanol–water partition coefficient (Wildman–Crippen LogP) is 2.41. The summed E-state index contributed by atoms with van der Waals surface area (Å²) in [5.74, 6) is -0.918. The van der Waals surface area contributed by atoms with Crippen LogP contribution in [0.1, 0.15) is 30.5 Å². The maximum Gasteiger partial charge on any atom is 0.247 e. The average molecular weight is 358 g/mol. The molecule has 0 spiro atoms. The number of halogens is 1. The summed E-state index contributed by atoms with van der Waals surface area (Å²) >= 11 is 0. The fourth-order valence-corrected chi connectivity index (χ4v) is 2.70. The Morgan fingerprint density at radius 2 is 1.77 bits per heavy atom. The number of nitrogens with zero attached hydrogens (tertiary/aromatic N) is 1. The Morgan fingerprint density at radius 3 is 2.35 bits per heavy atom. The van der Waals surface area contributed by atoms with E-state index in [-0.39, 0.29) is 43.7 Å². The van der Waals surface area contributed by atoms with Crippen LogP contribution in [-0.4, -0.2) is 35.0 Å². The zero-order valence-electron chi connectivity index (χ0n) is 14.7. The summed E-state index contributed by atoms with van der Waals surface area (Å²) in [7, 11) is 0. The minimum Gasteiger partial charge on any atom is -0.395 e. The van der Waals surface area contributed by atoms with Crippen LogP contribution in [0.3, 0.4) is 0 Å². The molecule has 0 aliphatic rings. The van der Waals surface area contributed by atoms with Crippen molar-refractivity contribution in [2.24, 2.45) is 0 Å². The molecular weight excluding hydrogens is 335 g/mol. The topological polar surface area (TPSA) is 69.6 Å². The number of amides is 2. The summed E-state index contributed by atoms with van der Waals surface area (Å²) in [5, 5.41) is 11.6. The number of hydrogen-bond donors (Lipinski definition) is 2. The lowest BCUT2D eigenvalue weighted by molar-refractivity contribution is -0.141. The largest absolute Gasteiger partial charge is 0.395 e. The fraction of sp³-hybridized carbons (Fsp3) is 0.300. The lowest BCUT2D eigenvalue weighted by Crippen LogP contribution is -2.43. The molecular formula is C20H23FN2O3. The monoisotopic (exact) mass is 358 g/mol. The van der Waals surface area contributed by atoms with Gasteiger partial charge in [-0.1, -0.05) is 49.4 Å². The number of aliphatic hydroxyl groups is 1. The molecule has 2 amide bonds. The maximum atomic E-state index is 13.2. The third-order valence-corrected chi connectivity index (χ3v) is 3.98. The van der Waals surface area contributed by atoms with Gasteiger partial charge >= 0.3 is 0 Å². The molecule has 138 valence electrons. The second-order valence-corrected chi connectivity index (χ2v) is 5.83. The van der Waals surface area contributed by atoms with Crippen LogP contribution in [0.2, 0.25) is 0 Å². The van der Waals surface area contributed by atoms with Crippen molar-refractivity contribution < 1.29 is 19.1 Å². The van der Waals surface area contributed by atoms with Crippen molar-refractivity contribution in [1.29, 1.82) is 0 Å². The minimum atomic E-state index is -0.833. The van der Waals surface area contributed by atoms with Gasteiger partial charge in [0, 0.05) is 19.5 Å². The summed E-state index contributed by atoms with van der Waals surface area (Å²) in [6.07, 6.45) is 0.234. The molecule has 0 saturated heterocycles. The Balaban J connectivity index is 2.38. The molecule has 0 saturated carbocycles. The minimum absolute atomic E-state index is 0.104. The molecule has 0 unspecified atom stereocenters. The van der Waals surface area contributed by atoms with Crippen molar-refractivity contribution in [2.45, 2.75) is 25.9 Å². The van der Waals surface area contributed by atoms with E-state index in [1.807, 2.05) is 6.07 Å². The van der Waals surface area contributed by atoms with Crippen LogP contribution < -0.4 is 5.32 Å². The van der Waals surface area contributed by atoms with Gasteiger partial charge in [-0.2, -0.15) is 0 Å². The second kappa shape index (κ2) is 9.68. The van der Waals surface area contributed by atoms with Gasteiger partial charge in [0.2, 0.25) is 11.8 Å². The Labute approximate surface area is 152 Å². The van der Waals surface area contributed by atoms with E-state index in [1.165, 1.54) is 17.0 Å². The molecule has 1 atom stereocenters. The first-order valence-corrected chi connectivity index (χ1v) is 8.54. The predicted molar refractivity (Wildman–Crippen MR) is 96.5 cm³/mol. The zero-order valence-corrected chi connectivity index (χ0v) is 14.7. The molecule has 6 heteroatoms. The molecule has 0 bridgehead atoms. The average Bonchev–Trinajstić information content (AvgIpc) is 2.67. The smallest absolute Gasteiger partial charge is 0.247 e. The quantitative estimate of drug-likeness (QED) is 0.761. The Kier molecular flexibility index (Phi) is 7.29. The van der Waals surface area contributed by atoms with E-state index >= 15 is 0 Å². The first kappa shape index (κ1) is 19.6. The van der Waals surface area contributed by atoms with Gasteiger partial charge in [0.1, 0.15) is 11.9 Å². The highest BCUT2D eigenvalue weighted by atomic mass is 19.1. The van der Waals surface area contributed by atoms with Crippen molar-refractivity contribution in [2.75, 3.05) is 13.2 Å². The van der Waals surface area contributed by atoms with Crippen LogP contribution in [-0.2, 0) is 16.1 Å². The lowest BCUT2D eigenvalue weighted by atomic mass is 10.0. The van der Waals surface area contributed by atoms with Gasteiger partial charge in [0.25, 0.3) is 0 Å². The van der Waals surface area contributed by atoms with Crippen LogP contribution in [0, 0.1) is 5.82 Å². The summed E-state index contributed by atoms with van der Waals surface area (Å²) in [4.78, 5) is 26.8. The first-order chi connectivity index (χ1) is 12.6. The summed E-state index contributed by atoms with van der Waals surface area (Å²) in [5.41, 5.74) is 1.40. The van der Waals surface area contributed by atoms with Gasteiger partial charge in [0.15, 0.2) is 0 Å². The van der Waals surface area contributed by atoms with Crippen molar-refractivity contribution in [3.63, 3.8) is 0 Å². The number of rotatable bonds is 8. The highest BCUT2D eigenvalue weighted by Crippen LogP contribution is 2.24. The molecule has 0 radical (unpaired) electrons. The third kappa shape index (κ3) is 5.13. The van der Waals surface area contributed by atoms with Crippen LogP contribution in [0.15, 0.2) is 54.6 Å². The molecule has 2 N–H and O–H groups in total. The Hall–Kier alpha value is -2.73. The number of aliphatic hydroxyl groups excluding tert-OH is 1. The third-order valence-electron chi connectivity index (χ3n) is 3.98. The standard InChI is InChI=1S/C20H23FN2O3/c1-2-18(25)23(14-15-8-10-17(21)11-9-15)19(20(26)22-12-13-24)16-6-4-3-5-7-16/h3-11,19,24H,2,12-14H2,1H3,(H,22,26)/t19-/m1/s1. The second-order valence-electron chi connectivity index (χ2n) is 5.83. The van der Waals surface area contributed by atoms with Crippen LogP contribution in [0.5, 0.6) is 0 Å². The molecule has 0 aliphatic heterocycles. The van der Waals surface area contributed by atoms with Gasteiger partial charge in [0.05, 0.1) is 6.61 Å². The molecule has 0 aliphatic carbocycles. The van der Waals surface area contributed by atoms with Gasteiger partial charge in [-0.05, 0) is 23.3 Å². The van der Waals surface area contributed by atoms with Gasteiger partial charge in [-0.3, -0.25) is 9.59 Å². The lowest BCUT2D eigenvalue weighted by Gasteiger charge is -2.31. The van der Waals surface area contributed by atoms with E-state index in [0.29, 0.717) is 5.56 Å². The maximum absolute atomic E-state index is 13.2. The first-order valence-electron chi connectivity index (χ1n) is 8.54. The summed E-state index contributed by atoms with van der Waals surface area (Å²) < 4.78 is 13.2. The highest BCUT2D eigenvalue weighted by molar-refractivity contribution is 5.88. The van der Waals surface area contributed by atoms with Crippen LogP contribution in [0.25, 0.3) is 0 Å². The number of carbonyl (C=O) groups is 2. The van der Waals surface area contributed by atoms with Crippen molar-refractivity contribution in [1.82, 2.24) is 10.2 Å². The van der Waals surface area contributed by atoms with Crippen molar-refractivity contribution in [3.8, 4) is 0 Å². The van der Waals surface area contributed by atoms with E-state index in [9.17, 15) is 14.0 Å². The van der Waals surface area contributed by atoms with Crippen molar-refractivity contribution >= 4 is 11.8 Å². The molecule has 2 rings (SSSR count). The van der Waals surface area contributed by atoms with Gasteiger partial charge < -0.3 is 15.3 Å². The van der Waals surface area contributed by atoms with Gasteiger partial charge in [-0.15, -0.1) is 0 Å². The van der Waals surface area contributed by atoms with E-state index < -0.39 is 6.04 Å². The van der Waals surface area contributed by atoms with Crippen molar-refractivity contribution in [3.05, 3.63) is 71.5 Å². The molecule has 5 nitrogen and oxygen atoms in total. The highest BCUT2D eigenvalue weighted by Gasteiger charge is 2.30. The van der Waals surface area contributed by atoms with E-state index in [4.69, 9.17) is 5.11 Å². The van der Waals surface area contributed by atoms with Crippen LogP contribution in [0.4, 0.5) is 4.39 Å². The fourth-order valence-electron chi connectivity index (χ4n) is 2.70. The van der Waals surface area contributed by atoms with E-state index in [0.717, 1.165) is 5.56 Å². The molecule has 2 aromatic carbocycles. The zero-order chi connectivity index (χ0) is 18.9. The summed E-state index contributed by atoms with van der Waals surface area (Å²) in [6, 6.07) is 14.0. The van der Waals surface area contributed by atoms with Crippen LogP contribution >= 0.6 is 0 Å². The molecule has 0 fully saturated rings. The molecule has 0 aromatic heterocycles. The van der Waals surface area contributed by atoms with E-state index in [2.05, 4.69) is 5.32 Å². The molecule has 26 heavy (non-hydrogen) atoms. The molecule has 0 heterocycles. The number of benzene rings is 2. The Morgan fingerprint density at radius 1 is 1.12 bits per heavy atom. The number of carbonyl (C=O) groups excluding carboxylic acids is 2. The van der Waals surface area contributed by atoms with E-state index in [1.54, 1.807) is 43.3 Å². The molecule has 2 aromatic rings. The van der Waals surface area contributed by atoms with Gasteiger partial charge in [-0.25, -0.2) is 4.39 Å². The Bertz CT molecular complexity index is 720. The summed E-state index contributed by atoms with van der Waals surface area (Å²) in [6.45, 7) is 1.83. The normalized spacial score (nSPS) is 11.7.